The molecule has 0 aliphatic carbocycles. The van der Waals surface area contributed by atoms with Gasteiger partial charge in [0.2, 0.25) is 0 Å². The Labute approximate surface area is 199 Å². The average molecular weight is 498 g/mol. The lowest BCUT2D eigenvalue weighted by Crippen LogP contribution is -2.54. The Morgan fingerprint density at radius 1 is 1.15 bits per heavy atom. The van der Waals surface area contributed by atoms with Gasteiger partial charge in [0.1, 0.15) is 0 Å². The van der Waals surface area contributed by atoms with Crippen LogP contribution < -0.4 is 10.8 Å². The molecule has 3 N–H and O–H groups in total. The zero-order valence-corrected chi connectivity index (χ0v) is 20.0. The summed E-state index contributed by atoms with van der Waals surface area (Å²) < 4.78 is 30.0. The molecule has 1 aromatic carbocycles. The highest BCUT2D eigenvalue weighted by Gasteiger charge is 2.52. The summed E-state index contributed by atoms with van der Waals surface area (Å²) in [6, 6.07) is 9.43. The Bertz CT molecular complexity index is 1070. The number of hydrogen-bond acceptors (Lipinski definition) is 7. The van der Waals surface area contributed by atoms with E-state index in [-0.39, 0.29) is 55.3 Å². The minimum atomic E-state index is -4.09. The zero-order chi connectivity index (χ0) is 23.4. The Hall–Kier alpha value is -2.53. The zero-order valence-electron chi connectivity index (χ0n) is 18.4. The van der Waals surface area contributed by atoms with E-state index in [9.17, 15) is 18.0 Å². The fraction of sp³-hybridized carbons (Fsp3) is 0.409. The Balaban J connectivity index is 0.00000385. The summed E-state index contributed by atoms with van der Waals surface area (Å²) in [5.41, 5.74) is 3.17. The van der Waals surface area contributed by atoms with Gasteiger partial charge < -0.3 is 10.1 Å². The van der Waals surface area contributed by atoms with Gasteiger partial charge in [-0.3, -0.25) is 19.8 Å². The van der Waals surface area contributed by atoms with Gasteiger partial charge in [0.05, 0.1) is 16.2 Å². The third-order valence-corrected chi connectivity index (χ3v) is 8.32. The van der Waals surface area contributed by atoms with E-state index in [2.05, 4.69) is 10.3 Å². The summed E-state index contributed by atoms with van der Waals surface area (Å²) in [4.78, 5) is 28.8. The van der Waals surface area contributed by atoms with Crippen LogP contribution in [0.15, 0.2) is 47.5 Å². The Morgan fingerprint density at radius 2 is 1.79 bits per heavy atom. The minimum absolute atomic E-state index is 0. The molecular weight excluding hydrogens is 470 g/mol. The van der Waals surface area contributed by atoms with Crippen LogP contribution in [0.4, 0.5) is 0 Å². The molecule has 0 radical (unpaired) electrons. The maximum Gasteiger partial charge on any atom is 0.265 e. The number of carbonyl (C=O) groups excluding carboxylic acids is 2. The van der Waals surface area contributed by atoms with Crippen molar-refractivity contribution in [3.05, 3.63) is 48.2 Å². The van der Waals surface area contributed by atoms with Crippen LogP contribution in [0, 0.1) is 0 Å². The second-order valence-corrected chi connectivity index (χ2v) is 10.1. The third kappa shape index (κ3) is 5.35. The molecule has 1 aliphatic heterocycles. The van der Waals surface area contributed by atoms with Gasteiger partial charge in [-0.05, 0) is 50.5 Å². The lowest BCUT2D eigenvalue weighted by Gasteiger charge is -2.34. The molecule has 3 rings (SSSR count). The van der Waals surface area contributed by atoms with Gasteiger partial charge in [-0.2, -0.15) is 0 Å². The van der Waals surface area contributed by atoms with Crippen molar-refractivity contribution in [2.75, 3.05) is 13.2 Å². The first-order valence-electron chi connectivity index (χ1n) is 10.4. The van der Waals surface area contributed by atoms with Gasteiger partial charge >= 0.3 is 0 Å². The number of rotatable bonds is 7. The molecule has 180 valence electrons. The van der Waals surface area contributed by atoms with Crippen LogP contribution in [-0.2, 0) is 19.4 Å². The predicted octanol–water partition coefficient (Wildman–Crippen LogP) is 2.53. The van der Waals surface area contributed by atoms with E-state index in [1.54, 1.807) is 24.3 Å². The number of carbonyl (C=O) groups is 2. The molecule has 2 aromatic rings. The first-order chi connectivity index (χ1) is 15.2. The van der Waals surface area contributed by atoms with Crippen molar-refractivity contribution in [2.24, 2.45) is 0 Å². The van der Waals surface area contributed by atoms with E-state index in [1.807, 2.05) is 13.8 Å². The van der Waals surface area contributed by atoms with Crippen LogP contribution in [0.5, 0.6) is 0 Å². The van der Waals surface area contributed by atoms with Crippen LogP contribution in [0.3, 0.4) is 0 Å². The molecule has 1 saturated heterocycles. The summed E-state index contributed by atoms with van der Waals surface area (Å²) in [6.45, 7) is 4.11. The molecule has 0 spiro atoms. The first-order valence-corrected chi connectivity index (χ1v) is 11.9. The SMILES string of the molecule is CC[C@H](C)NC(=O)c1ccc(-c2ccc(S(=O)(=O)C3(C(=O)NO)CCOCC3)cc2)nc1.Cl. The summed E-state index contributed by atoms with van der Waals surface area (Å²) in [5.74, 6) is -1.17. The van der Waals surface area contributed by atoms with Gasteiger partial charge in [0, 0.05) is 31.0 Å². The van der Waals surface area contributed by atoms with Crippen molar-refractivity contribution in [1.82, 2.24) is 15.8 Å². The molecule has 2 heterocycles. The topological polar surface area (TPSA) is 135 Å². The summed E-state index contributed by atoms with van der Waals surface area (Å²) in [7, 11) is -4.09. The smallest absolute Gasteiger partial charge is 0.265 e. The van der Waals surface area contributed by atoms with E-state index in [0.717, 1.165) is 6.42 Å². The van der Waals surface area contributed by atoms with E-state index in [4.69, 9.17) is 9.94 Å². The number of hydroxylamine groups is 1. The number of sulfone groups is 1. The molecule has 11 heteroatoms. The van der Waals surface area contributed by atoms with Crippen LogP contribution >= 0.6 is 12.4 Å². The van der Waals surface area contributed by atoms with Crippen LogP contribution in [0.25, 0.3) is 11.3 Å². The van der Waals surface area contributed by atoms with Crippen molar-refractivity contribution in [2.45, 2.75) is 48.8 Å². The normalized spacial score (nSPS) is 16.2. The lowest BCUT2D eigenvalue weighted by atomic mass is 9.98. The number of ether oxygens (including phenoxy) is 1. The lowest BCUT2D eigenvalue weighted by molar-refractivity contribution is -0.134. The molecule has 1 fully saturated rings. The van der Waals surface area contributed by atoms with Crippen LogP contribution in [0.2, 0.25) is 0 Å². The van der Waals surface area contributed by atoms with Crippen molar-refractivity contribution in [1.29, 1.82) is 0 Å². The minimum Gasteiger partial charge on any atom is -0.381 e. The Kier molecular flexibility index (Phi) is 8.96. The monoisotopic (exact) mass is 497 g/mol. The highest BCUT2D eigenvalue weighted by molar-refractivity contribution is 7.93. The van der Waals surface area contributed by atoms with Gasteiger partial charge in [0.25, 0.3) is 11.8 Å². The molecular formula is C22H28ClN3O6S. The number of nitrogens with one attached hydrogen (secondary N) is 2. The number of nitrogens with zero attached hydrogens (tertiary/aromatic N) is 1. The summed E-state index contributed by atoms with van der Waals surface area (Å²) in [5, 5.41) is 12.0. The van der Waals surface area contributed by atoms with Crippen molar-refractivity contribution in [3.63, 3.8) is 0 Å². The number of halogens is 1. The molecule has 1 atom stereocenters. The Morgan fingerprint density at radius 3 is 2.30 bits per heavy atom. The van der Waals surface area contributed by atoms with Crippen molar-refractivity contribution >= 4 is 34.1 Å². The molecule has 2 amide bonds. The molecule has 1 aliphatic rings. The van der Waals surface area contributed by atoms with E-state index >= 15 is 0 Å². The number of hydrogen-bond donors (Lipinski definition) is 3. The largest absolute Gasteiger partial charge is 0.381 e. The maximum absolute atomic E-state index is 13.3. The number of pyridine rings is 1. The van der Waals surface area contributed by atoms with Crippen molar-refractivity contribution in [3.8, 4) is 11.3 Å². The third-order valence-electron chi connectivity index (χ3n) is 5.81. The van der Waals surface area contributed by atoms with Gasteiger partial charge in [-0.1, -0.05) is 19.1 Å². The van der Waals surface area contributed by atoms with E-state index < -0.39 is 20.5 Å². The van der Waals surface area contributed by atoms with E-state index in [0.29, 0.717) is 16.8 Å². The first kappa shape index (κ1) is 26.7. The molecule has 0 saturated carbocycles. The van der Waals surface area contributed by atoms with Crippen LogP contribution in [-0.4, -0.2) is 54.4 Å². The second-order valence-electron chi connectivity index (χ2n) is 7.79. The maximum atomic E-state index is 13.3. The van der Waals surface area contributed by atoms with Crippen molar-refractivity contribution < 1.29 is 28.0 Å². The average Bonchev–Trinajstić information content (AvgIpc) is 2.83. The second kappa shape index (κ2) is 11.1. The van der Waals surface area contributed by atoms with Crippen LogP contribution in [0.1, 0.15) is 43.5 Å². The molecule has 1 aromatic heterocycles. The highest BCUT2D eigenvalue weighted by Crippen LogP contribution is 2.35. The molecule has 0 unspecified atom stereocenters. The van der Waals surface area contributed by atoms with Gasteiger partial charge in [0.15, 0.2) is 14.6 Å². The quantitative estimate of drug-likeness (QED) is 0.395. The number of benzene rings is 1. The predicted molar refractivity (Wildman–Crippen MR) is 124 cm³/mol. The number of amides is 2. The standard InChI is InChI=1S/C22H27N3O6S.ClH/c1-3-15(2)24-20(26)17-6-9-19(23-14-17)16-4-7-18(8-5-16)32(29,30)22(21(27)25-28)10-12-31-13-11-22;/h4-9,14-15,28H,3,10-13H2,1-2H3,(H,24,26)(H,25,27);1H/t15-;/m0./s1. The number of aromatic nitrogens is 1. The van der Waals surface area contributed by atoms with Gasteiger partial charge in [-0.15, -0.1) is 12.4 Å². The highest BCUT2D eigenvalue weighted by atomic mass is 35.5. The molecule has 9 nitrogen and oxygen atoms in total. The molecule has 0 bridgehead atoms. The summed E-state index contributed by atoms with van der Waals surface area (Å²) >= 11 is 0. The van der Waals surface area contributed by atoms with Gasteiger partial charge in [-0.25, -0.2) is 13.9 Å². The van der Waals surface area contributed by atoms with E-state index in [1.165, 1.54) is 23.8 Å². The fourth-order valence-electron chi connectivity index (χ4n) is 3.56. The fourth-order valence-corrected chi connectivity index (χ4v) is 5.50. The molecule has 33 heavy (non-hydrogen) atoms. The summed E-state index contributed by atoms with van der Waals surface area (Å²) in [6.07, 6.45) is 2.19.